The van der Waals surface area contributed by atoms with Crippen molar-refractivity contribution in [2.75, 3.05) is 0 Å². The second-order valence-electron chi connectivity index (χ2n) is 0.992. The van der Waals surface area contributed by atoms with Crippen LogP contribution in [0.1, 0.15) is 21.3 Å². The fourth-order valence-corrected chi connectivity index (χ4v) is 0. The average Bonchev–Trinajstić information content (AvgIpc) is 1.33. The number of carbonyl (C=O) groups is 1. The first kappa shape index (κ1) is 15.7. The zero-order valence-electron chi connectivity index (χ0n) is 4.22. The van der Waals surface area contributed by atoms with Crippen molar-refractivity contribution in [3.8, 4) is 0 Å². The summed E-state index contributed by atoms with van der Waals surface area (Å²) in [6.45, 7) is 3.06. The van der Waals surface area contributed by atoms with Crippen molar-refractivity contribution < 1.29 is 14.4 Å². The molecule has 0 aromatic carbocycles. The van der Waals surface area contributed by atoms with Crippen LogP contribution in [0.15, 0.2) is 0 Å². The first-order chi connectivity index (χ1) is 3.15. The van der Waals surface area contributed by atoms with Gasteiger partial charge in [-0.25, -0.2) is 0 Å². The summed E-state index contributed by atoms with van der Waals surface area (Å²) in [5.74, 6) is 0.167. The number of hydrogen-bond donors (Lipinski definition) is 0. The summed E-state index contributed by atoms with van der Waals surface area (Å²) >= 11 is 0. The lowest BCUT2D eigenvalue weighted by Crippen LogP contribution is -1.69. The summed E-state index contributed by atoms with van der Waals surface area (Å²) in [5.41, 5.74) is 0. The van der Waals surface area contributed by atoms with Crippen LogP contribution in [0.4, 0.5) is 0 Å². The highest BCUT2D eigenvalue weighted by atomic mass is 16.2. The van der Waals surface area contributed by atoms with E-state index in [-0.39, 0.29) is 19.4 Å². The molecule has 48 valence electrons. The molecular formula is C5H10O3. The predicted octanol–water partition coefficient (Wildman–Crippen LogP) is 0.648. The zero-order chi connectivity index (χ0) is 6.28. The molecule has 0 radical (unpaired) electrons. The molecule has 0 amide bonds. The summed E-state index contributed by atoms with van der Waals surface area (Å²) in [7, 11) is 0. The Hall–Kier alpha value is -0.950. The van der Waals surface area contributed by atoms with Gasteiger partial charge in [0.1, 0.15) is 5.78 Å². The first-order valence-electron chi connectivity index (χ1n) is 1.61. The van der Waals surface area contributed by atoms with Gasteiger partial charge in [-0.1, -0.05) is 7.43 Å². The lowest BCUT2D eigenvalue weighted by molar-refractivity contribution is -0.191. The summed E-state index contributed by atoms with van der Waals surface area (Å²) < 4.78 is 0. The standard InChI is InChI=1S/C3H6O.CO2.CH4/c1-3(2)4;2-1-3;/h1-2H3;;1H4. The Labute approximate surface area is 48.7 Å². The van der Waals surface area contributed by atoms with E-state index in [0.29, 0.717) is 0 Å². The number of rotatable bonds is 0. The van der Waals surface area contributed by atoms with Crippen molar-refractivity contribution in [3.05, 3.63) is 0 Å². The van der Waals surface area contributed by atoms with Crippen LogP contribution in [0.5, 0.6) is 0 Å². The van der Waals surface area contributed by atoms with Gasteiger partial charge in [0.2, 0.25) is 0 Å². The molecule has 0 aliphatic heterocycles. The molecule has 0 spiro atoms. The maximum Gasteiger partial charge on any atom is 0.373 e. The Morgan fingerprint density at radius 1 is 1.25 bits per heavy atom. The van der Waals surface area contributed by atoms with E-state index in [2.05, 4.69) is 0 Å². The third kappa shape index (κ3) is 91.8. The van der Waals surface area contributed by atoms with Crippen LogP contribution in [0.3, 0.4) is 0 Å². The summed E-state index contributed by atoms with van der Waals surface area (Å²) in [4.78, 5) is 25.7. The van der Waals surface area contributed by atoms with Crippen molar-refractivity contribution in [2.45, 2.75) is 21.3 Å². The van der Waals surface area contributed by atoms with E-state index >= 15 is 0 Å². The molecule has 0 heterocycles. The first-order valence-corrected chi connectivity index (χ1v) is 1.61. The second-order valence-corrected chi connectivity index (χ2v) is 0.992. The topological polar surface area (TPSA) is 51.2 Å². The number of hydrogen-bond acceptors (Lipinski definition) is 3. The van der Waals surface area contributed by atoms with Crippen LogP contribution in [0, 0.1) is 0 Å². The Morgan fingerprint density at radius 2 is 1.25 bits per heavy atom. The Morgan fingerprint density at radius 3 is 1.25 bits per heavy atom. The van der Waals surface area contributed by atoms with Gasteiger partial charge >= 0.3 is 6.15 Å². The summed E-state index contributed by atoms with van der Waals surface area (Å²) in [6.07, 6.45) is 0.250. The van der Waals surface area contributed by atoms with Gasteiger partial charge in [-0.2, -0.15) is 9.59 Å². The molecule has 0 rings (SSSR count). The van der Waals surface area contributed by atoms with E-state index in [1.165, 1.54) is 13.8 Å². The minimum Gasteiger partial charge on any atom is -0.300 e. The van der Waals surface area contributed by atoms with Gasteiger partial charge in [0.05, 0.1) is 0 Å². The number of carbonyl (C=O) groups excluding carboxylic acids is 3. The van der Waals surface area contributed by atoms with E-state index in [1.54, 1.807) is 0 Å². The van der Waals surface area contributed by atoms with E-state index in [0.717, 1.165) is 0 Å². The molecule has 3 heteroatoms. The van der Waals surface area contributed by atoms with E-state index in [1.807, 2.05) is 0 Å². The largest absolute Gasteiger partial charge is 0.373 e. The van der Waals surface area contributed by atoms with Crippen LogP contribution in [0.2, 0.25) is 0 Å². The second kappa shape index (κ2) is 16.6. The normalized spacial score (nSPS) is 4.25. The molecule has 0 atom stereocenters. The summed E-state index contributed by atoms with van der Waals surface area (Å²) in [6, 6.07) is 0. The van der Waals surface area contributed by atoms with Crippen LogP contribution in [0.25, 0.3) is 0 Å². The lowest BCUT2D eigenvalue weighted by Gasteiger charge is -1.56. The maximum atomic E-state index is 9.44. The Balaban J connectivity index is -0.0000000575. The third-order valence-electron chi connectivity index (χ3n) is 0. The zero-order valence-corrected chi connectivity index (χ0v) is 4.22. The minimum atomic E-state index is 0. The van der Waals surface area contributed by atoms with Gasteiger partial charge in [0, 0.05) is 0 Å². The van der Waals surface area contributed by atoms with Gasteiger partial charge in [0.15, 0.2) is 0 Å². The van der Waals surface area contributed by atoms with Crippen molar-refractivity contribution in [2.24, 2.45) is 0 Å². The molecule has 0 bridgehead atoms. The molecule has 0 aromatic rings. The smallest absolute Gasteiger partial charge is 0.300 e. The quantitative estimate of drug-likeness (QED) is 0.469. The molecule has 3 nitrogen and oxygen atoms in total. The minimum absolute atomic E-state index is 0. The lowest BCUT2D eigenvalue weighted by atomic mass is 10.6. The van der Waals surface area contributed by atoms with E-state index < -0.39 is 0 Å². The van der Waals surface area contributed by atoms with Crippen LogP contribution in [-0.4, -0.2) is 11.9 Å². The van der Waals surface area contributed by atoms with Crippen molar-refractivity contribution in [3.63, 3.8) is 0 Å². The van der Waals surface area contributed by atoms with Gasteiger partial charge < -0.3 is 4.79 Å². The van der Waals surface area contributed by atoms with E-state index in [9.17, 15) is 4.79 Å². The van der Waals surface area contributed by atoms with Gasteiger partial charge in [-0.3, -0.25) is 0 Å². The molecule has 0 aromatic heterocycles. The molecule has 0 aliphatic rings. The van der Waals surface area contributed by atoms with Gasteiger partial charge in [0.25, 0.3) is 0 Å². The SMILES string of the molecule is C.CC(C)=O.O=C=O. The molecule has 0 aliphatic carbocycles. The van der Waals surface area contributed by atoms with Crippen LogP contribution < -0.4 is 0 Å². The van der Waals surface area contributed by atoms with E-state index in [4.69, 9.17) is 9.59 Å². The predicted molar refractivity (Wildman–Crippen MR) is 28.1 cm³/mol. The van der Waals surface area contributed by atoms with Crippen molar-refractivity contribution in [1.29, 1.82) is 0 Å². The molecular weight excluding hydrogens is 108 g/mol. The average molecular weight is 118 g/mol. The molecule has 0 unspecified atom stereocenters. The number of Topliss-reactive ketones (excluding diaryl/α,β-unsaturated/α-hetero) is 1. The highest BCUT2D eigenvalue weighted by Crippen LogP contribution is 1.50. The Bertz CT molecular complexity index is 75.7. The highest BCUT2D eigenvalue weighted by Gasteiger charge is 1.62. The molecule has 8 heavy (non-hydrogen) atoms. The maximum absolute atomic E-state index is 9.44. The van der Waals surface area contributed by atoms with Gasteiger partial charge in [-0.05, 0) is 13.8 Å². The fourth-order valence-electron chi connectivity index (χ4n) is 0. The Kier molecular flexibility index (Phi) is 32.6. The van der Waals surface area contributed by atoms with Crippen molar-refractivity contribution >= 4 is 11.9 Å². The highest BCUT2D eigenvalue weighted by molar-refractivity contribution is 5.72. The van der Waals surface area contributed by atoms with Crippen molar-refractivity contribution in [1.82, 2.24) is 0 Å². The third-order valence-corrected chi connectivity index (χ3v) is 0. The molecule has 0 fully saturated rings. The monoisotopic (exact) mass is 118 g/mol. The summed E-state index contributed by atoms with van der Waals surface area (Å²) in [5, 5.41) is 0. The number of ketones is 1. The van der Waals surface area contributed by atoms with Crippen LogP contribution in [-0.2, 0) is 14.4 Å². The van der Waals surface area contributed by atoms with Crippen LogP contribution >= 0.6 is 0 Å². The van der Waals surface area contributed by atoms with Gasteiger partial charge in [-0.15, -0.1) is 0 Å². The molecule has 0 N–H and O–H groups in total. The fraction of sp³-hybridized carbons (Fsp3) is 0.600. The molecule has 0 saturated carbocycles. The molecule has 0 saturated heterocycles.